The minimum absolute atomic E-state index is 0.0231. The standard InChI is InChI=1S/C14H14BrF2NS/c1-8-5-13(19-14(8)15)12(18-2)6-9-3-4-10(16)7-11(9)17/h3-5,7,12,18H,6H2,1-2H3. The molecule has 1 heterocycles. The third-order valence-electron chi connectivity index (χ3n) is 3.01. The van der Waals surface area contributed by atoms with E-state index in [2.05, 4.69) is 27.3 Å². The highest BCUT2D eigenvalue weighted by Crippen LogP contribution is 2.33. The highest BCUT2D eigenvalue weighted by atomic mass is 79.9. The summed E-state index contributed by atoms with van der Waals surface area (Å²) < 4.78 is 27.6. The van der Waals surface area contributed by atoms with E-state index >= 15 is 0 Å². The molecule has 19 heavy (non-hydrogen) atoms. The Balaban J connectivity index is 2.23. The van der Waals surface area contributed by atoms with Gasteiger partial charge in [-0.15, -0.1) is 11.3 Å². The van der Waals surface area contributed by atoms with Crippen molar-refractivity contribution in [1.82, 2.24) is 5.32 Å². The van der Waals surface area contributed by atoms with E-state index in [-0.39, 0.29) is 6.04 Å². The predicted molar refractivity (Wildman–Crippen MR) is 78.6 cm³/mol. The van der Waals surface area contributed by atoms with Gasteiger partial charge in [0, 0.05) is 17.0 Å². The second kappa shape index (κ2) is 6.11. The molecule has 1 unspecified atom stereocenters. The van der Waals surface area contributed by atoms with Crippen LogP contribution in [-0.4, -0.2) is 7.05 Å². The van der Waals surface area contributed by atoms with Gasteiger partial charge in [-0.05, 0) is 59.6 Å². The molecule has 1 N–H and O–H groups in total. The number of hydrogen-bond donors (Lipinski definition) is 1. The lowest BCUT2D eigenvalue weighted by Crippen LogP contribution is -2.18. The lowest BCUT2D eigenvalue weighted by molar-refractivity contribution is 0.544. The van der Waals surface area contributed by atoms with E-state index in [9.17, 15) is 8.78 Å². The Labute approximate surface area is 123 Å². The van der Waals surface area contributed by atoms with Crippen LogP contribution in [0.2, 0.25) is 0 Å². The van der Waals surface area contributed by atoms with Crippen molar-refractivity contribution < 1.29 is 8.78 Å². The number of halogens is 3. The van der Waals surface area contributed by atoms with Crippen molar-refractivity contribution in [1.29, 1.82) is 0 Å². The predicted octanol–water partition coefficient (Wildman–Crippen LogP) is 4.60. The molecular weight excluding hydrogens is 332 g/mol. The van der Waals surface area contributed by atoms with E-state index in [1.165, 1.54) is 17.7 Å². The summed E-state index contributed by atoms with van der Waals surface area (Å²) >= 11 is 5.12. The quantitative estimate of drug-likeness (QED) is 0.853. The van der Waals surface area contributed by atoms with Crippen molar-refractivity contribution in [2.45, 2.75) is 19.4 Å². The van der Waals surface area contributed by atoms with Gasteiger partial charge in [-0.25, -0.2) is 8.78 Å². The van der Waals surface area contributed by atoms with Crippen LogP contribution in [0.3, 0.4) is 0 Å². The van der Waals surface area contributed by atoms with Gasteiger partial charge in [0.2, 0.25) is 0 Å². The van der Waals surface area contributed by atoms with Crippen molar-refractivity contribution >= 4 is 27.3 Å². The molecule has 1 aromatic carbocycles. The van der Waals surface area contributed by atoms with E-state index in [0.717, 1.165) is 14.7 Å². The number of thiophene rings is 1. The fourth-order valence-electron chi connectivity index (χ4n) is 1.91. The van der Waals surface area contributed by atoms with Crippen LogP contribution in [0, 0.1) is 18.6 Å². The molecule has 2 aromatic rings. The average molecular weight is 346 g/mol. The van der Waals surface area contributed by atoms with Crippen LogP contribution in [-0.2, 0) is 6.42 Å². The highest BCUT2D eigenvalue weighted by Gasteiger charge is 2.16. The largest absolute Gasteiger partial charge is 0.312 e. The fourth-order valence-corrected chi connectivity index (χ4v) is 3.59. The second-order valence-electron chi connectivity index (χ2n) is 4.39. The van der Waals surface area contributed by atoms with E-state index in [1.54, 1.807) is 11.3 Å². The molecule has 0 saturated carbocycles. The first-order valence-electron chi connectivity index (χ1n) is 5.88. The van der Waals surface area contributed by atoms with Gasteiger partial charge in [0.25, 0.3) is 0 Å². The first-order chi connectivity index (χ1) is 9.01. The van der Waals surface area contributed by atoms with Gasteiger partial charge >= 0.3 is 0 Å². The first kappa shape index (κ1) is 14.6. The Morgan fingerprint density at radius 3 is 2.58 bits per heavy atom. The molecule has 1 aromatic heterocycles. The minimum atomic E-state index is -0.544. The summed E-state index contributed by atoms with van der Waals surface area (Å²) in [7, 11) is 1.84. The van der Waals surface area contributed by atoms with Gasteiger partial charge < -0.3 is 5.32 Å². The van der Waals surface area contributed by atoms with Crippen molar-refractivity contribution in [3.63, 3.8) is 0 Å². The third kappa shape index (κ3) is 3.41. The molecule has 1 atom stereocenters. The molecule has 102 valence electrons. The van der Waals surface area contributed by atoms with E-state index in [1.807, 2.05) is 14.0 Å². The Morgan fingerprint density at radius 1 is 1.32 bits per heavy atom. The normalized spacial score (nSPS) is 12.7. The molecule has 0 aliphatic carbocycles. The molecular formula is C14H14BrF2NS. The van der Waals surface area contributed by atoms with Crippen LogP contribution >= 0.6 is 27.3 Å². The van der Waals surface area contributed by atoms with Crippen molar-refractivity contribution in [3.8, 4) is 0 Å². The molecule has 0 saturated heterocycles. The Kier molecular flexibility index (Phi) is 4.71. The van der Waals surface area contributed by atoms with Crippen molar-refractivity contribution in [3.05, 3.63) is 55.7 Å². The average Bonchev–Trinajstić information content (AvgIpc) is 2.68. The zero-order chi connectivity index (χ0) is 14.0. The minimum Gasteiger partial charge on any atom is -0.312 e. The van der Waals surface area contributed by atoms with Gasteiger partial charge in [-0.2, -0.15) is 0 Å². The number of benzene rings is 1. The number of nitrogens with one attached hydrogen (secondary N) is 1. The van der Waals surface area contributed by atoms with Crippen molar-refractivity contribution in [2.75, 3.05) is 7.05 Å². The molecule has 0 aliphatic rings. The number of hydrogen-bond acceptors (Lipinski definition) is 2. The maximum atomic E-state index is 13.7. The highest BCUT2D eigenvalue weighted by molar-refractivity contribution is 9.11. The van der Waals surface area contributed by atoms with E-state index in [4.69, 9.17) is 0 Å². The topological polar surface area (TPSA) is 12.0 Å². The van der Waals surface area contributed by atoms with Crippen LogP contribution in [0.4, 0.5) is 8.78 Å². The summed E-state index contributed by atoms with van der Waals surface area (Å²) in [4.78, 5) is 1.13. The zero-order valence-electron chi connectivity index (χ0n) is 10.6. The van der Waals surface area contributed by atoms with Gasteiger partial charge in [0.05, 0.1) is 3.79 Å². The number of rotatable bonds is 4. The molecule has 0 radical (unpaired) electrons. The molecule has 0 fully saturated rings. The number of likely N-dealkylation sites (N-methyl/N-ethyl adjacent to an activating group) is 1. The SMILES string of the molecule is CNC(Cc1ccc(F)cc1F)c1cc(C)c(Br)s1. The zero-order valence-corrected chi connectivity index (χ0v) is 13.0. The van der Waals surface area contributed by atoms with Gasteiger partial charge in [-0.3, -0.25) is 0 Å². The lowest BCUT2D eigenvalue weighted by atomic mass is 10.0. The first-order valence-corrected chi connectivity index (χ1v) is 7.49. The molecule has 1 nitrogen and oxygen atoms in total. The van der Waals surface area contributed by atoms with Crippen molar-refractivity contribution in [2.24, 2.45) is 0 Å². The van der Waals surface area contributed by atoms with Gasteiger partial charge in [0.15, 0.2) is 0 Å². The summed E-state index contributed by atoms with van der Waals surface area (Å²) in [5.41, 5.74) is 1.68. The van der Waals surface area contributed by atoms with Crippen LogP contribution in [0.1, 0.15) is 22.0 Å². The Bertz CT molecular complexity index is 563. The van der Waals surface area contributed by atoms with Crippen LogP contribution in [0.15, 0.2) is 28.1 Å². The van der Waals surface area contributed by atoms with Gasteiger partial charge in [-0.1, -0.05) is 6.07 Å². The third-order valence-corrected chi connectivity index (χ3v) is 5.26. The van der Waals surface area contributed by atoms with Crippen LogP contribution < -0.4 is 5.32 Å². The Morgan fingerprint density at radius 2 is 2.05 bits per heavy atom. The van der Waals surface area contributed by atoms with E-state index < -0.39 is 11.6 Å². The molecule has 2 rings (SSSR count). The molecule has 0 amide bonds. The summed E-state index contributed by atoms with van der Waals surface area (Å²) in [5.74, 6) is -1.04. The smallest absolute Gasteiger partial charge is 0.129 e. The summed E-state index contributed by atoms with van der Waals surface area (Å²) in [6.45, 7) is 2.02. The molecule has 5 heteroatoms. The van der Waals surface area contributed by atoms with E-state index in [0.29, 0.717) is 12.0 Å². The molecule has 0 bridgehead atoms. The summed E-state index contributed by atoms with van der Waals surface area (Å²) in [5, 5.41) is 3.18. The summed E-state index contributed by atoms with van der Waals surface area (Å²) in [6.07, 6.45) is 0.495. The van der Waals surface area contributed by atoms with Crippen LogP contribution in [0.25, 0.3) is 0 Å². The lowest BCUT2D eigenvalue weighted by Gasteiger charge is -2.15. The molecule has 0 aliphatic heterocycles. The Hall–Kier alpha value is -0.780. The van der Waals surface area contributed by atoms with Gasteiger partial charge in [0.1, 0.15) is 11.6 Å². The monoisotopic (exact) mass is 345 g/mol. The maximum Gasteiger partial charge on any atom is 0.129 e. The number of aryl methyl sites for hydroxylation is 1. The second-order valence-corrected chi connectivity index (χ2v) is 6.79. The maximum absolute atomic E-state index is 13.7. The molecule has 0 spiro atoms. The van der Waals surface area contributed by atoms with Crippen LogP contribution in [0.5, 0.6) is 0 Å². The summed E-state index contributed by atoms with van der Waals surface area (Å²) in [6, 6.07) is 5.83. The fraction of sp³-hybridized carbons (Fsp3) is 0.286.